The Balaban J connectivity index is 2.03. The van der Waals surface area contributed by atoms with Gasteiger partial charge in [0.05, 0.1) is 0 Å². The number of nitrogens with one attached hydrogen (secondary N) is 1. The van der Waals surface area contributed by atoms with Gasteiger partial charge in [0.2, 0.25) is 11.8 Å². The number of carbonyl (C=O) groups is 2. The largest absolute Gasteiger partial charge is 0.350 e. The predicted molar refractivity (Wildman–Crippen MR) is 97.8 cm³/mol. The molecule has 0 bridgehead atoms. The van der Waals surface area contributed by atoms with Crippen LogP contribution in [-0.2, 0) is 22.7 Å². The van der Waals surface area contributed by atoms with Gasteiger partial charge < -0.3 is 10.2 Å². The summed E-state index contributed by atoms with van der Waals surface area (Å²) < 4.78 is 0. The van der Waals surface area contributed by atoms with E-state index in [9.17, 15) is 9.59 Å². The quantitative estimate of drug-likeness (QED) is 0.825. The number of halogens is 1. The number of hydrogen-bond acceptors (Lipinski definition) is 3. The zero-order chi connectivity index (χ0) is 18.2. The highest BCUT2D eigenvalue weighted by Gasteiger charge is 2.24. The highest BCUT2D eigenvalue weighted by atomic mass is 35.5. The van der Waals surface area contributed by atoms with Crippen molar-refractivity contribution in [1.29, 1.82) is 0 Å². The molecule has 1 N–H and O–H groups in total. The van der Waals surface area contributed by atoms with E-state index in [1.54, 1.807) is 43.3 Å². The second kappa shape index (κ2) is 9.18. The van der Waals surface area contributed by atoms with Crippen molar-refractivity contribution in [1.82, 2.24) is 15.2 Å². The minimum Gasteiger partial charge on any atom is -0.350 e. The minimum absolute atomic E-state index is 0.0704. The van der Waals surface area contributed by atoms with Crippen LogP contribution < -0.4 is 5.32 Å². The van der Waals surface area contributed by atoms with Gasteiger partial charge in [0.1, 0.15) is 6.04 Å². The fourth-order valence-corrected chi connectivity index (χ4v) is 2.54. The fourth-order valence-electron chi connectivity index (χ4n) is 2.41. The molecular weight excluding hydrogens is 338 g/mol. The number of amides is 2. The molecular formula is C19H22ClN3O2. The molecule has 25 heavy (non-hydrogen) atoms. The summed E-state index contributed by atoms with van der Waals surface area (Å²) in [6, 6.07) is 10.4. The topological polar surface area (TPSA) is 62.3 Å². The molecule has 132 valence electrons. The van der Waals surface area contributed by atoms with Crippen LogP contribution in [0, 0.1) is 0 Å². The molecule has 0 unspecified atom stereocenters. The first-order valence-electron chi connectivity index (χ1n) is 8.21. The Hall–Kier alpha value is -2.40. The molecule has 0 aliphatic heterocycles. The zero-order valence-corrected chi connectivity index (χ0v) is 15.2. The molecule has 0 aliphatic rings. The van der Waals surface area contributed by atoms with Crippen molar-refractivity contribution < 1.29 is 9.59 Å². The second-order valence-electron chi connectivity index (χ2n) is 5.76. The first-order chi connectivity index (χ1) is 12.0. The molecule has 1 aromatic heterocycles. The molecule has 6 heteroatoms. The number of hydrogen-bond donors (Lipinski definition) is 1. The molecule has 0 aliphatic carbocycles. The van der Waals surface area contributed by atoms with Gasteiger partial charge >= 0.3 is 0 Å². The standard InChI is InChI=1S/C19H22ClN3O2/c1-3-18(24)23(13-15-6-8-17(20)9-7-15)14(2)19(25)22-12-16-5-4-10-21-11-16/h4-11,14H,3,12-13H2,1-2H3,(H,22,25)/t14-/m0/s1. The van der Waals surface area contributed by atoms with Crippen LogP contribution in [0.5, 0.6) is 0 Å². The summed E-state index contributed by atoms with van der Waals surface area (Å²) in [5.74, 6) is -0.265. The van der Waals surface area contributed by atoms with Gasteiger partial charge in [-0.2, -0.15) is 0 Å². The third-order valence-electron chi connectivity index (χ3n) is 3.93. The van der Waals surface area contributed by atoms with Crippen LogP contribution in [0.15, 0.2) is 48.8 Å². The van der Waals surface area contributed by atoms with Gasteiger partial charge in [0.15, 0.2) is 0 Å². The monoisotopic (exact) mass is 359 g/mol. The van der Waals surface area contributed by atoms with Gasteiger partial charge in [-0.05, 0) is 36.2 Å². The molecule has 2 amide bonds. The van der Waals surface area contributed by atoms with Crippen molar-refractivity contribution >= 4 is 23.4 Å². The summed E-state index contributed by atoms with van der Waals surface area (Å²) in [6.45, 7) is 4.27. The second-order valence-corrected chi connectivity index (χ2v) is 6.19. The van der Waals surface area contributed by atoms with Gasteiger partial charge in [-0.3, -0.25) is 14.6 Å². The van der Waals surface area contributed by atoms with E-state index in [0.29, 0.717) is 24.5 Å². The van der Waals surface area contributed by atoms with Crippen LogP contribution in [0.1, 0.15) is 31.4 Å². The van der Waals surface area contributed by atoms with E-state index < -0.39 is 6.04 Å². The molecule has 2 aromatic rings. The van der Waals surface area contributed by atoms with Crippen molar-refractivity contribution in [3.63, 3.8) is 0 Å². The van der Waals surface area contributed by atoms with Crippen LogP contribution in [0.25, 0.3) is 0 Å². The van der Waals surface area contributed by atoms with Crippen molar-refractivity contribution in [2.45, 2.75) is 39.4 Å². The molecule has 1 atom stereocenters. The maximum absolute atomic E-state index is 12.5. The van der Waals surface area contributed by atoms with E-state index in [4.69, 9.17) is 11.6 Å². The number of carbonyl (C=O) groups excluding carboxylic acids is 2. The summed E-state index contributed by atoms with van der Waals surface area (Å²) in [4.78, 5) is 30.4. The highest BCUT2D eigenvalue weighted by Crippen LogP contribution is 2.14. The zero-order valence-electron chi connectivity index (χ0n) is 14.4. The number of pyridine rings is 1. The lowest BCUT2D eigenvalue weighted by Gasteiger charge is -2.28. The Bertz CT molecular complexity index is 704. The highest BCUT2D eigenvalue weighted by molar-refractivity contribution is 6.30. The molecule has 5 nitrogen and oxygen atoms in total. The van der Waals surface area contributed by atoms with Gasteiger partial charge in [-0.1, -0.05) is 36.7 Å². The summed E-state index contributed by atoms with van der Waals surface area (Å²) in [5.41, 5.74) is 1.84. The van der Waals surface area contributed by atoms with E-state index in [-0.39, 0.29) is 11.8 Å². The Kier molecular flexibility index (Phi) is 6.95. The maximum atomic E-state index is 12.5. The molecule has 0 radical (unpaired) electrons. The Morgan fingerprint density at radius 1 is 1.20 bits per heavy atom. The third-order valence-corrected chi connectivity index (χ3v) is 4.18. The summed E-state index contributed by atoms with van der Waals surface area (Å²) in [6.07, 6.45) is 3.73. The van der Waals surface area contributed by atoms with E-state index in [2.05, 4.69) is 10.3 Å². The normalized spacial score (nSPS) is 11.6. The molecule has 0 saturated heterocycles. The average molecular weight is 360 g/mol. The van der Waals surface area contributed by atoms with Gasteiger partial charge in [0, 0.05) is 36.9 Å². The molecule has 1 aromatic carbocycles. The average Bonchev–Trinajstić information content (AvgIpc) is 2.65. The van der Waals surface area contributed by atoms with Crippen LogP contribution in [0.4, 0.5) is 0 Å². The first-order valence-corrected chi connectivity index (χ1v) is 8.59. The molecule has 2 rings (SSSR count). The molecule has 1 heterocycles. The third kappa shape index (κ3) is 5.57. The predicted octanol–water partition coefficient (Wildman–Crippen LogP) is 3.18. The summed E-state index contributed by atoms with van der Waals surface area (Å²) >= 11 is 5.90. The van der Waals surface area contributed by atoms with Crippen molar-refractivity contribution in [2.24, 2.45) is 0 Å². The summed E-state index contributed by atoms with van der Waals surface area (Å²) in [7, 11) is 0. The van der Waals surface area contributed by atoms with Crippen LogP contribution >= 0.6 is 11.6 Å². The first kappa shape index (κ1) is 18.9. The number of rotatable bonds is 7. The van der Waals surface area contributed by atoms with Crippen molar-refractivity contribution in [3.05, 3.63) is 64.9 Å². The lowest BCUT2D eigenvalue weighted by molar-refractivity contribution is -0.140. The number of benzene rings is 1. The minimum atomic E-state index is -0.570. The van der Waals surface area contributed by atoms with Crippen molar-refractivity contribution in [2.75, 3.05) is 0 Å². The van der Waals surface area contributed by atoms with E-state index in [0.717, 1.165) is 11.1 Å². The fraction of sp³-hybridized carbons (Fsp3) is 0.316. The van der Waals surface area contributed by atoms with Gasteiger partial charge in [-0.25, -0.2) is 0 Å². The van der Waals surface area contributed by atoms with Crippen LogP contribution in [0.3, 0.4) is 0 Å². The lowest BCUT2D eigenvalue weighted by atomic mass is 10.1. The Morgan fingerprint density at radius 2 is 1.92 bits per heavy atom. The Labute approximate surface area is 153 Å². The number of aromatic nitrogens is 1. The van der Waals surface area contributed by atoms with E-state index in [1.807, 2.05) is 24.3 Å². The van der Waals surface area contributed by atoms with Crippen molar-refractivity contribution in [3.8, 4) is 0 Å². The van der Waals surface area contributed by atoms with E-state index in [1.165, 1.54) is 0 Å². The Morgan fingerprint density at radius 3 is 2.52 bits per heavy atom. The SMILES string of the molecule is CCC(=O)N(Cc1ccc(Cl)cc1)[C@@H](C)C(=O)NCc1cccnc1. The van der Waals surface area contributed by atoms with Crippen LogP contribution in [0.2, 0.25) is 5.02 Å². The van der Waals surface area contributed by atoms with Gasteiger partial charge in [0.25, 0.3) is 0 Å². The van der Waals surface area contributed by atoms with E-state index >= 15 is 0 Å². The number of nitrogens with zero attached hydrogens (tertiary/aromatic N) is 2. The molecule has 0 saturated carbocycles. The van der Waals surface area contributed by atoms with Gasteiger partial charge in [-0.15, -0.1) is 0 Å². The summed E-state index contributed by atoms with van der Waals surface area (Å²) in [5, 5.41) is 3.50. The smallest absolute Gasteiger partial charge is 0.242 e. The van der Waals surface area contributed by atoms with Crippen LogP contribution in [-0.4, -0.2) is 27.7 Å². The molecule has 0 spiro atoms. The lowest BCUT2D eigenvalue weighted by Crippen LogP contribution is -2.47. The maximum Gasteiger partial charge on any atom is 0.242 e. The molecule has 0 fully saturated rings.